The molecule has 2 aromatic rings. The van der Waals surface area contributed by atoms with Gasteiger partial charge < -0.3 is 5.32 Å². The van der Waals surface area contributed by atoms with Gasteiger partial charge in [-0.1, -0.05) is 54.1 Å². The van der Waals surface area contributed by atoms with Crippen LogP contribution >= 0.6 is 11.6 Å². The predicted octanol–water partition coefficient (Wildman–Crippen LogP) is 4.46. The number of amides is 1. The number of piperidine rings is 1. The van der Waals surface area contributed by atoms with Crippen LogP contribution in [0.15, 0.2) is 48.5 Å². The molecule has 0 saturated carbocycles. The average Bonchev–Trinajstić information content (AvgIpc) is 3.28. The summed E-state index contributed by atoms with van der Waals surface area (Å²) in [6, 6.07) is 16.5. The van der Waals surface area contributed by atoms with Gasteiger partial charge in [-0.05, 0) is 68.1 Å². The topological polar surface area (TPSA) is 35.6 Å². The smallest absolute Gasteiger partial charge is 0.224 e. The molecule has 2 saturated heterocycles. The number of carbonyl (C=O) groups is 1. The molecular formula is C25H32ClN3O. The van der Waals surface area contributed by atoms with Crippen molar-refractivity contribution >= 4 is 17.5 Å². The Bertz CT molecular complexity index is 850. The van der Waals surface area contributed by atoms with Gasteiger partial charge in [-0.15, -0.1) is 0 Å². The molecule has 4 rings (SSSR count). The molecule has 1 unspecified atom stereocenters. The van der Waals surface area contributed by atoms with Gasteiger partial charge in [-0.2, -0.15) is 0 Å². The van der Waals surface area contributed by atoms with Gasteiger partial charge in [0.2, 0.25) is 5.91 Å². The first-order chi connectivity index (χ1) is 14.7. The lowest BCUT2D eigenvalue weighted by Crippen LogP contribution is -2.42. The number of nitrogens with one attached hydrogen (secondary N) is 1. The highest BCUT2D eigenvalue weighted by atomic mass is 35.5. The van der Waals surface area contributed by atoms with E-state index < -0.39 is 0 Å². The van der Waals surface area contributed by atoms with Gasteiger partial charge >= 0.3 is 0 Å². The van der Waals surface area contributed by atoms with Crippen molar-refractivity contribution < 1.29 is 4.79 Å². The van der Waals surface area contributed by atoms with Gasteiger partial charge in [-0.3, -0.25) is 14.6 Å². The molecule has 5 heteroatoms. The van der Waals surface area contributed by atoms with Crippen LogP contribution in [0, 0.1) is 5.92 Å². The third-order valence-corrected chi connectivity index (χ3v) is 6.76. The summed E-state index contributed by atoms with van der Waals surface area (Å²) >= 11 is 6.33. The summed E-state index contributed by atoms with van der Waals surface area (Å²) in [5.74, 6) is 0.224. The molecule has 0 spiro atoms. The van der Waals surface area contributed by atoms with Crippen LogP contribution in [0.4, 0.5) is 0 Å². The second-order valence-corrected chi connectivity index (χ2v) is 9.04. The number of halogens is 1. The van der Waals surface area contributed by atoms with Gasteiger partial charge in [0.25, 0.3) is 0 Å². The molecule has 1 N–H and O–H groups in total. The summed E-state index contributed by atoms with van der Waals surface area (Å²) < 4.78 is 0. The Kier molecular flexibility index (Phi) is 7.42. The minimum Gasteiger partial charge on any atom is -0.352 e. The summed E-state index contributed by atoms with van der Waals surface area (Å²) in [6.07, 6.45) is 4.60. The Morgan fingerprint density at radius 3 is 2.27 bits per heavy atom. The quantitative estimate of drug-likeness (QED) is 0.711. The highest BCUT2D eigenvalue weighted by molar-refractivity contribution is 6.31. The van der Waals surface area contributed by atoms with Gasteiger partial charge in [0.15, 0.2) is 0 Å². The second kappa shape index (κ2) is 10.4. The van der Waals surface area contributed by atoms with Crippen molar-refractivity contribution in [3.05, 3.63) is 70.2 Å². The molecule has 2 heterocycles. The first-order valence-electron chi connectivity index (χ1n) is 11.2. The SMILES string of the molecule is O=C(NCc1ccccc1CN1CCCC1)C1CCCN(Cc2ccccc2Cl)C1. The maximum Gasteiger partial charge on any atom is 0.224 e. The normalized spacial score (nSPS) is 20.4. The zero-order valence-electron chi connectivity index (χ0n) is 17.7. The van der Waals surface area contributed by atoms with E-state index in [2.05, 4.69) is 45.4 Å². The maximum absolute atomic E-state index is 12.9. The Morgan fingerprint density at radius 2 is 1.50 bits per heavy atom. The molecule has 1 atom stereocenters. The Labute approximate surface area is 185 Å². The van der Waals surface area contributed by atoms with Crippen LogP contribution in [0.3, 0.4) is 0 Å². The molecule has 2 fully saturated rings. The van der Waals surface area contributed by atoms with Crippen molar-refractivity contribution in [2.24, 2.45) is 5.92 Å². The Hall–Kier alpha value is -1.88. The Morgan fingerprint density at radius 1 is 0.867 bits per heavy atom. The standard InChI is InChI=1S/C25H32ClN3O/c26-24-12-4-3-10-22(24)18-29-15-7-11-23(19-29)25(30)27-16-20-8-1-2-9-21(20)17-28-13-5-6-14-28/h1-4,8-10,12,23H,5-7,11,13-19H2,(H,27,30). The van der Waals surface area contributed by atoms with E-state index in [0.717, 1.165) is 49.6 Å². The van der Waals surface area contributed by atoms with Crippen LogP contribution in [-0.4, -0.2) is 41.9 Å². The third kappa shape index (κ3) is 5.63. The molecule has 0 aromatic heterocycles. The fraction of sp³-hybridized carbons (Fsp3) is 0.480. The van der Waals surface area contributed by atoms with Crippen LogP contribution in [0.5, 0.6) is 0 Å². The summed E-state index contributed by atoms with van der Waals surface area (Å²) in [5.41, 5.74) is 3.71. The lowest BCUT2D eigenvalue weighted by atomic mass is 9.96. The van der Waals surface area contributed by atoms with Crippen LogP contribution in [0.25, 0.3) is 0 Å². The maximum atomic E-state index is 12.9. The van der Waals surface area contributed by atoms with Crippen LogP contribution in [0.2, 0.25) is 5.02 Å². The fourth-order valence-electron chi connectivity index (χ4n) is 4.67. The highest BCUT2D eigenvalue weighted by Crippen LogP contribution is 2.23. The summed E-state index contributed by atoms with van der Waals surface area (Å²) in [7, 11) is 0. The van der Waals surface area contributed by atoms with E-state index in [1.807, 2.05) is 18.2 Å². The fourth-order valence-corrected chi connectivity index (χ4v) is 4.87. The number of nitrogens with zero attached hydrogens (tertiary/aromatic N) is 2. The third-order valence-electron chi connectivity index (χ3n) is 6.39. The molecule has 2 aliphatic rings. The number of likely N-dealkylation sites (tertiary alicyclic amines) is 2. The van der Waals surface area contributed by atoms with E-state index in [4.69, 9.17) is 11.6 Å². The van der Waals surface area contributed by atoms with E-state index in [1.54, 1.807) is 0 Å². The zero-order valence-corrected chi connectivity index (χ0v) is 18.4. The molecule has 0 radical (unpaired) electrons. The lowest BCUT2D eigenvalue weighted by Gasteiger charge is -2.32. The molecule has 2 aliphatic heterocycles. The minimum absolute atomic E-state index is 0.0481. The van der Waals surface area contributed by atoms with E-state index in [1.165, 1.54) is 37.1 Å². The molecule has 2 aromatic carbocycles. The van der Waals surface area contributed by atoms with Crippen molar-refractivity contribution in [1.82, 2.24) is 15.1 Å². The van der Waals surface area contributed by atoms with Crippen LogP contribution < -0.4 is 5.32 Å². The van der Waals surface area contributed by atoms with Crippen LogP contribution in [-0.2, 0) is 24.4 Å². The number of hydrogen-bond donors (Lipinski definition) is 1. The number of rotatable bonds is 7. The second-order valence-electron chi connectivity index (χ2n) is 8.64. The monoisotopic (exact) mass is 425 g/mol. The molecule has 0 aliphatic carbocycles. The highest BCUT2D eigenvalue weighted by Gasteiger charge is 2.26. The summed E-state index contributed by atoms with van der Waals surface area (Å²) in [6.45, 7) is 6.60. The van der Waals surface area contributed by atoms with Gasteiger partial charge in [0, 0.05) is 31.2 Å². The molecule has 1 amide bonds. The molecule has 30 heavy (non-hydrogen) atoms. The Balaban J connectivity index is 1.31. The average molecular weight is 426 g/mol. The van der Waals surface area contributed by atoms with Crippen molar-refractivity contribution in [3.8, 4) is 0 Å². The number of carbonyl (C=O) groups excluding carboxylic acids is 1. The van der Waals surface area contributed by atoms with Crippen molar-refractivity contribution in [2.75, 3.05) is 26.2 Å². The van der Waals surface area contributed by atoms with Gasteiger partial charge in [0.1, 0.15) is 0 Å². The summed E-state index contributed by atoms with van der Waals surface area (Å²) in [5, 5.41) is 4.02. The van der Waals surface area contributed by atoms with E-state index in [-0.39, 0.29) is 11.8 Å². The predicted molar refractivity (Wildman–Crippen MR) is 122 cm³/mol. The minimum atomic E-state index is 0.0481. The molecule has 160 valence electrons. The first-order valence-corrected chi connectivity index (χ1v) is 11.6. The van der Waals surface area contributed by atoms with Crippen molar-refractivity contribution in [2.45, 2.75) is 45.3 Å². The van der Waals surface area contributed by atoms with E-state index in [0.29, 0.717) is 6.54 Å². The largest absolute Gasteiger partial charge is 0.352 e. The van der Waals surface area contributed by atoms with Crippen molar-refractivity contribution in [3.63, 3.8) is 0 Å². The molecule has 4 nitrogen and oxygen atoms in total. The molecular weight excluding hydrogens is 394 g/mol. The van der Waals surface area contributed by atoms with Crippen LogP contribution in [0.1, 0.15) is 42.4 Å². The lowest BCUT2D eigenvalue weighted by molar-refractivity contribution is -0.126. The van der Waals surface area contributed by atoms with Gasteiger partial charge in [-0.25, -0.2) is 0 Å². The zero-order chi connectivity index (χ0) is 20.8. The van der Waals surface area contributed by atoms with E-state index in [9.17, 15) is 4.79 Å². The van der Waals surface area contributed by atoms with E-state index >= 15 is 0 Å². The number of benzene rings is 2. The van der Waals surface area contributed by atoms with Gasteiger partial charge in [0.05, 0.1) is 5.92 Å². The number of hydrogen-bond acceptors (Lipinski definition) is 3. The molecule has 0 bridgehead atoms. The first kappa shape index (κ1) is 21.4. The summed E-state index contributed by atoms with van der Waals surface area (Å²) in [4.78, 5) is 17.8. The van der Waals surface area contributed by atoms with Crippen molar-refractivity contribution in [1.29, 1.82) is 0 Å².